The second kappa shape index (κ2) is 5.28. The van der Waals surface area contributed by atoms with Crippen LogP contribution in [0.4, 0.5) is 8.78 Å². The van der Waals surface area contributed by atoms with E-state index in [0.29, 0.717) is 5.75 Å². The Morgan fingerprint density at radius 2 is 1.75 bits per heavy atom. The lowest BCUT2D eigenvalue weighted by Gasteiger charge is -2.12. The number of nitrogens with two attached hydrogens (primary N) is 1. The van der Waals surface area contributed by atoms with Crippen molar-refractivity contribution in [2.75, 3.05) is 0 Å². The lowest BCUT2D eigenvalue weighted by molar-refractivity contribution is 0.405. The third-order valence-corrected chi connectivity index (χ3v) is 3.08. The average molecular weight is 276 g/mol. The molecule has 20 heavy (non-hydrogen) atoms. The maximum absolute atomic E-state index is 13.9. The van der Waals surface area contributed by atoms with Gasteiger partial charge >= 0.3 is 0 Å². The van der Waals surface area contributed by atoms with Gasteiger partial charge in [0.25, 0.3) is 0 Å². The van der Waals surface area contributed by atoms with Crippen LogP contribution in [0.15, 0.2) is 30.3 Å². The van der Waals surface area contributed by atoms with E-state index in [1.54, 1.807) is 12.1 Å². The van der Waals surface area contributed by atoms with Gasteiger partial charge in [-0.15, -0.1) is 0 Å². The molecule has 0 bridgehead atoms. The molecule has 5 heteroatoms. The predicted octanol–water partition coefficient (Wildman–Crippen LogP) is 3.66. The highest BCUT2D eigenvalue weighted by atomic mass is 19.1. The molecule has 0 saturated heterocycles. The summed E-state index contributed by atoms with van der Waals surface area (Å²) in [5.41, 5.74) is 6.96. The van der Waals surface area contributed by atoms with Crippen LogP contribution in [0.1, 0.15) is 16.7 Å². The highest BCUT2D eigenvalue weighted by molar-refractivity contribution is 5.95. The zero-order chi connectivity index (χ0) is 14.9. The molecule has 0 heterocycles. The predicted molar refractivity (Wildman–Crippen MR) is 73.4 cm³/mol. The van der Waals surface area contributed by atoms with Gasteiger partial charge in [0.05, 0.1) is 0 Å². The van der Waals surface area contributed by atoms with Crippen LogP contribution >= 0.6 is 0 Å². The number of hydrogen-bond acceptors (Lipinski definition) is 2. The van der Waals surface area contributed by atoms with Crippen molar-refractivity contribution in [1.29, 1.82) is 5.41 Å². The van der Waals surface area contributed by atoms with Gasteiger partial charge < -0.3 is 10.5 Å². The molecule has 0 unspecified atom stereocenters. The van der Waals surface area contributed by atoms with Gasteiger partial charge in [-0.1, -0.05) is 12.1 Å². The van der Waals surface area contributed by atoms with Crippen LogP contribution in [0.5, 0.6) is 11.5 Å². The molecule has 2 aromatic rings. The number of benzene rings is 2. The number of amidine groups is 1. The molecule has 0 amide bonds. The first-order chi connectivity index (χ1) is 9.40. The molecule has 0 aromatic heterocycles. The summed E-state index contributed by atoms with van der Waals surface area (Å²) in [5, 5.41) is 7.19. The van der Waals surface area contributed by atoms with E-state index in [9.17, 15) is 8.78 Å². The van der Waals surface area contributed by atoms with Crippen LogP contribution in [0.3, 0.4) is 0 Å². The molecular weight excluding hydrogens is 262 g/mol. The Labute approximate surface area is 115 Å². The Morgan fingerprint density at radius 1 is 1.15 bits per heavy atom. The summed E-state index contributed by atoms with van der Waals surface area (Å²) >= 11 is 0. The molecule has 0 aliphatic heterocycles. The highest BCUT2D eigenvalue weighted by Crippen LogP contribution is 2.31. The maximum atomic E-state index is 13.9. The minimum Gasteiger partial charge on any atom is -0.451 e. The molecule has 0 saturated carbocycles. The minimum absolute atomic E-state index is 0.0201. The summed E-state index contributed by atoms with van der Waals surface area (Å²) in [6, 6.07) is 7.23. The van der Waals surface area contributed by atoms with Crippen LogP contribution in [0, 0.1) is 30.9 Å². The fraction of sp³-hybridized carbons (Fsp3) is 0.133. The number of ether oxygens (including phenoxy) is 1. The van der Waals surface area contributed by atoms with Crippen LogP contribution in [0.2, 0.25) is 0 Å². The van der Waals surface area contributed by atoms with Crippen molar-refractivity contribution in [3.63, 3.8) is 0 Å². The lowest BCUT2D eigenvalue weighted by atomic mass is 10.1. The molecule has 0 atom stereocenters. The topological polar surface area (TPSA) is 59.1 Å². The van der Waals surface area contributed by atoms with E-state index >= 15 is 0 Å². The van der Waals surface area contributed by atoms with Crippen molar-refractivity contribution in [1.82, 2.24) is 0 Å². The van der Waals surface area contributed by atoms with Crippen molar-refractivity contribution in [3.05, 3.63) is 58.7 Å². The molecule has 0 aliphatic rings. The number of aryl methyl sites for hydroxylation is 1. The molecular formula is C15H14F2N2O. The van der Waals surface area contributed by atoms with E-state index in [4.69, 9.17) is 15.9 Å². The summed E-state index contributed by atoms with van der Waals surface area (Å²) < 4.78 is 33.1. The first-order valence-electron chi connectivity index (χ1n) is 5.97. The molecule has 0 fully saturated rings. The van der Waals surface area contributed by atoms with Gasteiger partial charge in [0.15, 0.2) is 17.4 Å². The van der Waals surface area contributed by atoms with Crippen LogP contribution < -0.4 is 10.5 Å². The second-order valence-electron chi connectivity index (χ2n) is 4.48. The molecule has 3 nitrogen and oxygen atoms in total. The quantitative estimate of drug-likeness (QED) is 0.664. The lowest BCUT2D eigenvalue weighted by Crippen LogP contribution is -2.12. The Hall–Kier alpha value is -2.43. The Bertz CT molecular complexity index is 661. The zero-order valence-electron chi connectivity index (χ0n) is 11.1. The Balaban J connectivity index is 2.44. The van der Waals surface area contributed by atoms with E-state index in [0.717, 1.165) is 23.3 Å². The Morgan fingerprint density at radius 3 is 2.30 bits per heavy atom. The van der Waals surface area contributed by atoms with Gasteiger partial charge in [0, 0.05) is 5.56 Å². The molecule has 2 rings (SSSR count). The van der Waals surface area contributed by atoms with Crippen molar-refractivity contribution >= 4 is 5.84 Å². The van der Waals surface area contributed by atoms with E-state index in [1.807, 2.05) is 19.9 Å². The third kappa shape index (κ3) is 2.61. The van der Waals surface area contributed by atoms with Crippen LogP contribution in [-0.2, 0) is 0 Å². The van der Waals surface area contributed by atoms with E-state index < -0.39 is 23.2 Å². The number of nitrogens with one attached hydrogen (secondary N) is 1. The average Bonchev–Trinajstić information content (AvgIpc) is 2.38. The first-order valence-corrected chi connectivity index (χ1v) is 5.97. The van der Waals surface area contributed by atoms with Crippen LogP contribution in [0.25, 0.3) is 0 Å². The first kappa shape index (κ1) is 14.0. The molecule has 104 valence electrons. The van der Waals surface area contributed by atoms with Gasteiger partial charge in [-0.3, -0.25) is 5.41 Å². The standard InChI is InChI=1S/C15H14F2N2O/c1-8-4-3-5-13(9(8)2)20-14-11(16)6-10(15(18)19)7-12(14)17/h3-7H,1-2H3,(H3,18,19). The molecule has 0 radical (unpaired) electrons. The highest BCUT2D eigenvalue weighted by Gasteiger charge is 2.16. The maximum Gasteiger partial charge on any atom is 0.198 e. The normalized spacial score (nSPS) is 10.4. The molecule has 3 N–H and O–H groups in total. The minimum atomic E-state index is -0.892. The van der Waals surface area contributed by atoms with Gasteiger partial charge in [-0.05, 0) is 43.2 Å². The summed E-state index contributed by atoms with van der Waals surface area (Å²) in [7, 11) is 0. The number of hydrogen-bond donors (Lipinski definition) is 2. The number of nitrogen functional groups attached to an aromatic ring is 1. The van der Waals surface area contributed by atoms with Gasteiger partial charge in [0.2, 0.25) is 0 Å². The molecule has 0 aliphatic carbocycles. The fourth-order valence-electron chi connectivity index (χ4n) is 1.76. The molecule has 2 aromatic carbocycles. The van der Waals surface area contributed by atoms with Crippen LogP contribution in [-0.4, -0.2) is 5.84 Å². The van der Waals surface area contributed by atoms with Gasteiger partial charge in [-0.2, -0.15) is 0 Å². The van der Waals surface area contributed by atoms with Gasteiger partial charge in [-0.25, -0.2) is 8.78 Å². The summed E-state index contributed by atoms with van der Waals surface area (Å²) in [6.45, 7) is 3.69. The fourth-order valence-corrected chi connectivity index (χ4v) is 1.76. The van der Waals surface area contributed by atoms with Crippen molar-refractivity contribution in [3.8, 4) is 11.5 Å². The summed E-state index contributed by atoms with van der Waals surface area (Å²) in [5.74, 6) is -2.30. The SMILES string of the molecule is Cc1cccc(Oc2c(F)cc(C(=N)N)cc2F)c1C. The summed E-state index contributed by atoms with van der Waals surface area (Å²) in [6.07, 6.45) is 0. The smallest absolute Gasteiger partial charge is 0.198 e. The van der Waals surface area contributed by atoms with E-state index in [1.165, 1.54) is 0 Å². The van der Waals surface area contributed by atoms with Crippen molar-refractivity contribution in [2.24, 2.45) is 5.73 Å². The van der Waals surface area contributed by atoms with E-state index in [-0.39, 0.29) is 5.56 Å². The van der Waals surface area contributed by atoms with E-state index in [2.05, 4.69) is 0 Å². The molecule has 0 spiro atoms. The van der Waals surface area contributed by atoms with Crippen molar-refractivity contribution < 1.29 is 13.5 Å². The van der Waals surface area contributed by atoms with Crippen molar-refractivity contribution in [2.45, 2.75) is 13.8 Å². The van der Waals surface area contributed by atoms with Gasteiger partial charge in [0.1, 0.15) is 11.6 Å². The second-order valence-corrected chi connectivity index (χ2v) is 4.48. The third-order valence-electron chi connectivity index (χ3n) is 3.08. The summed E-state index contributed by atoms with van der Waals surface area (Å²) in [4.78, 5) is 0. The monoisotopic (exact) mass is 276 g/mol. The Kier molecular flexibility index (Phi) is 3.70. The zero-order valence-corrected chi connectivity index (χ0v) is 11.1. The number of rotatable bonds is 3. The number of halogens is 2. The largest absolute Gasteiger partial charge is 0.451 e.